The van der Waals surface area contributed by atoms with Crippen molar-refractivity contribution in [1.82, 2.24) is 4.90 Å². The second kappa shape index (κ2) is 7.81. The summed E-state index contributed by atoms with van der Waals surface area (Å²) in [5, 5.41) is -0.265. The lowest BCUT2D eigenvalue weighted by atomic mass is 10.1. The third-order valence-electron chi connectivity index (χ3n) is 4.47. The number of halogens is 1. The maximum absolute atomic E-state index is 12.7. The molecule has 0 saturated carbocycles. The van der Waals surface area contributed by atoms with Gasteiger partial charge in [0.05, 0.1) is 11.4 Å². The number of hydrogen-bond acceptors (Lipinski definition) is 4. The van der Waals surface area contributed by atoms with E-state index in [1.807, 2.05) is 61.5 Å². The molecule has 3 aromatic rings. The van der Waals surface area contributed by atoms with Gasteiger partial charge in [0.2, 0.25) is 0 Å². The second-order valence-electron chi connectivity index (χ2n) is 6.41. The molecule has 1 aliphatic rings. The molecule has 28 heavy (non-hydrogen) atoms. The Balaban J connectivity index is 1.55. The third-order valence-corrected chi connectivity index (χ3v) is 5.87. The molecule has 0 spiro atoms. The van der Waals surface area contributed by atoms with E-state index in [0.717, 1.165) is 32.9 Å². The molecule has 0 radical (unpaired) electrons. The van der Waals surface area contributed by atoms with Crippen molar-refractivity contribution in [2.24, 2.45) is 0 Å². The molecule has 0 unspecified atom stereocenters. The lowest BCUT2D eigenvalue weighted by molar-refractivity contribution is -0.123. The van der Waals surface area contributed by atoms with E-state index < -0.39 is 0 Å². The highest BCUT2D eigenvalue weighted by Crippen LogP contribution is 2.34. The van der Waals surface area contributed by atoms with E-state index in [0.29, 0.717) is 16.4 Å². The average Bonchev–Trinajstić information content (AvgIpc) is 3.24. The number of carbonyl (C=O) groups is 2. The fraction of sp³-hybridized carbons (Fsp3) is 0.0909. The first kappa shape index (κ1) is 18.8. The van der Waals surface area contributed by atoms with Crippen LogP contribution in [0.1, 0.15) is 16.9 Å². The maximum atomic E-state index is 12.7. The van der Waals surface area contributed by atoms with Crippen LogP contribution in [0.2, 0.25) is 0 Å². The first-order valence-electron chi connectivity index (χ1n) is 8.67. The van der Waals surface area contributed by atoms with Crippen LogP contribution in [0.3, 0.4) is 0 Å². The van der Waals surface area contributed by atoms with E-state index in [-0.39, 0.29) is 17.7 Å². The van der Waals surface area contributed by atoms with Crippen LogP contribution < -0.4 is 0 Å². The van der Waals surface area contributed by atoms with E-state index in [1.165, 1.54) is 4.90 Å². The van der Waals surface area contributed by atoms with Gasteiger partial charge < -0.3 is 4.42 Å². The van der Waals surface area contributed by atoms with Crippen molar-refractivity contribution in [2.45, 2.75) is 13.5 Å². The van der Waals surface area contributed by atoms with Crippen molar-refractivity contribution >= 4 is 44.9 Å². The molecule has 4 nitrogen and oxygen atoms in total. The Morgan fingerprint density at radius 3 is 2.68 bits per heavy atom. The summed E-state index contributed by atoms with van der Waals surface area (Å²) < 4.78 is 6.81. The van der Waals surface area contributed by atoms with E-state index in [1.54, 1.807) is 12.1 Å². The normalized spacial score (nSPS) is 15.6. The van der Waals surface area contributed by atoms with Crippen LogP contribution in [0.4, 0.5) is 4.79 Å². The van der Waals surface area contributed by atoms with Crippen LogP contribution in [0.5, 0.6) is 0 Å². The molecule has 2 heterocycles. The molecule has 4 rings (SSSR count). The van der Waals surface area contributed by atoms with Crippen LogP contribution in [0.15, 0.2) is 74.5 Å². The minimum absolute atomic E-state index is 0.265. The fourth-order valence-corrected chi connectivity index (χ4v) is 4.17. The molecule has 2 amide bonds. The number of furan rings is 1. The van der Waals surface area contributed by atoms with Gasteiger partial charge in [0.25, 0.3) is 11.1 Å². The Morgan fingerprint density at radius 1 is 1.07 bits per heavy atom. The molecule has 140 valence electrons. The first-order valence-corrected chi connectivity index (χ1v) is 10.3. The number of hydrogen-bond donors (Lipinski definition) is 0. The molecular formula is C22H16BrNO3S. The van der Waals surface area contributed by atoms with Crippen LogP contribution in [0, 0.1) is 6.92 Å². The predicted octanol–water partition coefficient (Wildman–Crippen LogP) is 6.25. The topological polar surface area (TPSA) is 50.5 Å². The SMILES string of the molecule is Cc1ccccc1CN1C(=O)S/C(=C\c2ccc(-c3cccc(Br)c3)o2)C1=O. The molecule has 0 N–H and O–H groups in total. The van der Waals surface area contributed by atoms with Gasteiger partial charge in [0.15, 0.2) is 0 Å². The van der Waals surface area contributed by atoms with Gasteiger partial charge >= 0.3 is 0 Å². The molecular weight excluding hydrogens is 438 g/mol. The van der Waals surface area contributed by atoms with Gasteiger partial charge in [-0.15, -0.1) is 0 Å². The lowest BCUT2D eigenvalue weighted by Crippen LogP contribution is -2.27. The van der Waals surface area contributed by atoms with Gasteiger partial charge in [0.1, 0.15) is 11.5 Å². The number of carbonyl (C=O) groups excluding carboxylic acids is 2. The Labute approximate surface area is 175 Å². The number of imide groups is 1. The van der Waals surface area contributed by atoms with E-state index >= 15 is 0 Å². The number of rotatable bonds is 4. The van der Waals surface area contributed by atoms with Gasteiger partial charge in [-0.05, 0) is 54.1 Å². The monoisotopic (exact) mass is 453 g/mol. The summed E-state index contributed by atoms with van der Waals surface area (Å²) in [7, 11) is 0. The zero-order valence-corrected chi connectivity index (χ0v) is 17.4. The molecule has 1 aliphatic heterocycles. The van der Waals surface area contributed by atoms with Crippen LogP contribution >= 0.6 is 27.7 Å². The maximum Gasteiger partial charge on any atom is 0.293 e. The molecule has 1 aromatic heterocycles. The molecule has 0 aliphatic carbocycles. The minimum Gasteiger partial charge on any atom is -0.457 e. The highest BCUT2D eigenvalue weighted by Gasteiger charge is 2.35. The summed E-state index contributed by atoms with van der Waals surface area (Å²) >= 11 is 4.39. The summed E-state index contributed by atoms with van der Waals surface area (Å²) in [5.74, 6) is 0.946. The predicted molar refractivity (Wildman–Crippen MR) is 115 cm³/mol. The summed E-state index contributed by atoms with van der Waals surface area (Å²) in [5.41, 5.74) is 2.94. The summed E-state index contributed by atoms with van der Waals surface area (Å²) in [6.45, 7) is 2.24. The summed E-state index contributed by atoms with van der Waals surface area (Å²) in [6.07, 6.45) is 1.63. The van der Waals surface area contributed by atoms with Crippen molar-refractivity contribution in [3.8, 4) is 11.3 Å². The summed E-state index contributed by atoms with van der Waals surface area (Å²) in [4.78, 5) is 26.7. The van der Waals surface area contributed by atoms with E-state index in [4.69, 9.17) is 4.42 Å². The summed E-state index contributed by atoms with van der Waals surface area (Å²) in [6, 6.07) is 19.2. The van der Waals surface area contributed by atoms with E-state index in [9.17, 15) is 9.59 Å². The Kier molecular flexibility index (Phi) is 5.24. The van der Waals surface area contributed by atoms with E-state index in [2.05, 4.69) is 15.9 Å². The number of nitrogens with zero attached hydrogens (tertiary/aromatic N) is 1. The van der Waals surface area contributed by atoms with Gasteiger partial charge in [-0.2, -0.15) is 0 Å². The molecule has 0 atom stereocenters. The number of benzene rings is 2. The standard InChI is InChI=1S/C22H16BrNO3S/c1-14-5-2-3-6-16(14)13-24-21(25)20(28-22(24)26)12-18-9-10-19(27-18)15-7-4-8-17(23)11-15/h2-12H,13H2,1H3/b20-12-. The van der Waals surface area contributed by atoms with Crippen molar-refractivity contribution < 1.29 is 14.0 Å². The fourth-order valence-electron chi connectivity index (χ4n) is 2.95. The number of amides is 2. The molecule has 1 saturated heterocycles. The van der Waals surface area contributed by atoms with Crippen LogP contribution in [0.25, 0.3) is 17.4 Å². The van der Waals surface area contributed by atoms with Gasteiger partial charge in [0, 0.05) is 16.1 Å². The van der Waals surface area contributed by atoms with Crippen molar-refractivity contribution in [2.75, 3.05) is 0 Å². The highest BCUT2D eigenvalue weighted by atomic mass is 79.9. The highest BCUT2D eigenvalue weighted by molar-refractivity contribution is 9.10. The average molecular weight is 454 g/mol. The largest absolute Gasteiger partial charge is 0.457 e. The van der Waals surface area contributed by atoms with Crippen molar-refractivity contribution in [1.29, 1.82) is 0 Å². The Morgan fingerprint density at radius 2 is 1.89 bits per heavy atom. The molecule has 0 bridgehead atoms. The van der Waals surface area contributed by atoms with Crippen LogP contribution in [-0.2, 0) is 11.3 Å². The minimum atomic E-state index is -0.293. The third kappa shape index (κ3) is 3.84. The van der Waals surface area contributed by atoms with Gasteiger partial charge in [-0.3, -0.25) is 14.5 Å². The van der Waals surface area contributed by atoms with Gasteiger partial charge in [-0.1, -0.05) is 52.3 Å². The number of aryl methyl sites for hydroxylation is 1. The zero-order chi connectivity index (χ0) is 19.7. The second-order valence-corrected chi connectivity index (χ2v) is 8.32. The van der Waals surface area contributed by atoms with Gasteiger partial charge in [-0.25, -0.2) is 0 Å². The molecule has 1 fully saturated rings. The molecule has 2 aromatic carbocycles. The molecule has 6 heteroatoms. The first-order chi connectivity index (χ1) is 13.5. The zero-order valence-electron chi connectivity index (χ0n) is 15.0. The van der Waals surface area contributed by atoms with Crippen molar-refractivity contribution in [3.05, 3.63) is 86.9 Å². The quantitative estimate of drug-likeness (QED) is 0.437. The Bertz CT molecular complexity index is 1100. The van der Waals surface area contributed by atoms with Crippen molar-refractivity contribution in [3.63, 3.8) is 0 Å². The Hall–Kier alpha value is -2.57. The smallest absolute Gasteiger partial charge is 0.293 e. The lowest BCUT2D eigenvalue weighted by Gasteiger charge is -2.14. The van der Waals surface area contributed by atoms with Crippen LogP contribution in [-0.4, -0.2) is 16.0 Å². The number of thioether (sulfide) groups is 1.